The summed E-state index contributed by atoms with van der Waals surface area (Å²) in [5.74, 6) is -2.01. The number of ether oxygens (including phenoxy) is 1. The average Bonchev–Trinajstić information content (AvgIpc) is 2.62. The number of unbranched alkanes of at least 4 members (excludes halogenated alkanes) is 2. The van der Waals surface area contributed by atoms with Crippen molar-refractivity contribution in [1.29, 1.82) is 0 Å². The van der Waals surface area contributed by atoms with Gasteiger partial charge in [0.1, 0.15) is 6.10 Å². The predicted octanol–water partition coefficient (Wildman–Crippen LogP) is 1.98. The molecule has 4 atom stereocenters. The van der Waals surface area contributed by atoms with Crippen LogP contribution in [-0.4, -0.2) is 39.3 Å². The zero-order valence-electron chi connectivity index (χ0n) is 13.4. The molecule has 0 aromatic carbocycles. The number of hydrogen-bond donors (Lipinski definition) is 3. The second-order valence-corrected chi connectivity index (χ2v) is 6.45. The van der Waals surface area contributed by atoms with Crippen LogP contribution in [0.25, 0.3) is 0 Å². The van der Waals surface area contributed by atoms with Crippen LogP contribution in [0.3, 0.4) is 0 Å². The molecule has 1 fully saturated rings. The van der Waals surface area contributed by atoms with Crippen LogP contribution in [0, 0.1) is 11.8 Å². The molecule has 3 unspecified atom stereocenters. The Bertz CT molecular complexity index is 329. The van der Waals surface area contributed by atoms with Crippen molar-refractivity contribution < 1.29 is 24.9 Å². The molecule has 0 heterocycles. The van der Waals surface area contributed by atoms with Crippen LogP contribution in [0.1, 0.15) is 65.7 Å². The van der Waals surface area contributed by atoms with Crippen LogP contribution < -0.4 is 0 Å². The standard InChI is InChI=1S/C16H30O5/c1-4-5-6-8-16(19,20)9-7-13-11(2)15(10-14(13)18)21-12(3)17/h11,13-15,18-20H,4-10H2,1-3H3/t11?,13-,14?,15?/m1/s1. The highest BCUT2D eigenvalue weighted by Gasteiger charge is 2.42. The molecule has 0 saturated heterocycles. The van der Waals surface area contributed by atoms with Crippen molar-refractivity contribution in [1.82, 2.24) is 0 Å². The van der Waals surface area contributed by atoms with Crippen molar-refractivity contribution in [3.63, 3.8) is 0 Å². The first-order chi connectivity index (χ1) is 9.76. The van der Waals surface area contributed by atoms with E-state index in [1.165, 1.54) is 6.92 Å². The van der Waals surface area contributed by atoms with Gasteiger partial charge in [-0.15, -0.1) is 0 Å². The third-order valence-electron chi connectivity index (χ3n) is 4.61. The number of esters is 1. The molecule has 1 aliphatic rings. The summed E-state index contributed by atoms with van der Waals surface area (Å²) < 4.78 is 5.21. The summed E-state index contributed by atoms with van der Waals surface area (Å²) in [5.41, 5.74) is 0. The van der Waals surface area contributed by atoms with Crippen LogP contribution >= 0.6 is 0 Å². The van der Waals surface area contributed by atoms with E-state index in [1.54, 1.807) is 0 Å². The maximum Gasteiger partial charge on any atom is 0.302 e. The minimum absolute atomic E-state index is 0.0374. The molecular formula is C16H30O5. The molecule has 0 aliphatic heterocycles. The Morgan fingerprint density at radius 3 is 2.52 bits per heavy atom. The quantitative estimate of drug-likeness (QED) is 0.362. The molecule has 0 aromatic rings. The second kappa shape index (κ2) is 8.11. The lowest BCUT2D eigenvalue weighted by atomic mass is 9.88. The minimum Gasteiger partial charge on any atom is -0.462 e. The molecular weight excluding hydrogens is 272 g/mol. The van der Waals surface area contributed by atoms with E-state index in [1.807, 2.05) is 6.92 Å². The lowest BCUT2D eigenvalue weighted by Crippen LogP contribution is -2.31. The first-order valence-corrected chi connectivity index (χ1v) is 8.07. The van der Waals surface area contributed by atoms with Gasteiger partial charge in [-0.2, -0.15) is 0 Å². The third-order valence-corrected chi connectivity index (χ3v) is 4.61. The van der Waals surface area contributed by atoms with Crippen LogP contribution in [0.15, 0.2) is 0 Å². The van der Waals surface area contributed by atoms with E-state index in [0.29, 0.717) is 19.3 Å². The summed E-state index contributed by atoms with van der Waals surface area (Å²) in [5, 5.41) is 30.0. The van der Waals surface area contributed by atoms with E-state index in [-0.39, 0.29) is 30.3 Å². The van der Waals surface area contributed by atoms with Gasteiger partial charge in [0, 0.05) is 26.2 Å². The van der Waals surface area contributed by atoms with E-state index in [0.717, 1.165) is 19.3 Å². The van der Waals surface area contributed by atoms with Gasteiger partial charge in [-0.1, -0.05) is 26.7 Å². The highest BCUT2D eigenvalue weighted by Crippen LogP contribution is 2.38. The lowest BCUT2D eigenvalue weighted by Gasteiger charge is -2.26. The van der Waals surface area contributed by atoms with Gasteiger partial charge < -0.3 is 20.1 Å². The highest BCUT2D eigenvalue weighted by atomic mass is 16.5. The number of rotatable bonds is 8. The molecule has 3 N–H and O–H groups in total. The average molecular weight is 302 g/mol. The van der Waals surface area contributed by atoms with Crippen LogP contribution in [0.2, 0.25) is 0 Å². The normalized spacial score (nSPS) is 29.6. The van der Waals surface area contributed by atoms with Crippen molar-refractivity contribution in [2.45, 2.75) is 83.7 Å². The third kappa shape index (κ3) is 5.93. The molecule has 1 aliphatic carbocycles. The monoisotopic (exact) mass is 302 g/mol. The van der Waals surface area contributed by atoms with Crippen molar-refractivity contribution in [2.75, 3.05) is 0 Å². The highest BCUT2D eigenvalue weighted by molar-refractivity contribution is 5.66. The van der Waals surface area contributed by atoms with Crippen LogP contribution in [0.5, 0.6) is 0 Å². The minimum atomic E-state index is -1.66. The van der Waals surface area contributed by atoms with E-state index < -0.39 is 11.9 Å². The van der Waals surface area contributed by atoms with Crippen molar-refractivity contribution >= 4 is 5.97 Å². The van der Waals surface area contributed by atoms with E-state index in [9.17, 15) is 20.1 Å². The second-order valence-electron chi connectivity index (χ2n) is 6.45. The smallest absolute Gasteiger partial charge is 0.302 e. The van der Waals surface area contributed by atoms with Crippen molar-refractivity contribution in [3.05, 3.63) is 0 Å². The Morgan fingerprint density at radius 2 is 1.95 bits per heavy atom. The van der Waals surface area contributed by atoms with Gasteiger partial charge in [0.05, 0.1) is 6.10 Å². The fourth-order valence-corrected chi connectivity index (χ4v) is 3.26. The zero-order valence-corrected chi connectivity index (χ0v) is 13.4. The summed E-state index contributed by atoms with van der Waals surface area (Å²) in [6.45, 7) is 5.39. The molecule has 5 heteroatoms. The molecule has 1 rings (SSSR count). The van der Waals surface area contributed by atoms with Gasteiger partial charge in [0.15, 0.2) is 5.79 Å². The molecule has 0 radical (unpaired) electrons. The molecule has 0 spiro atoms. The van der Waals surface area contributed by atoms with Crippen molar-refractivity contribution in [2.24, 2.45) is 11.8 Å². The first-order valence-electron chi connectivity index (χ1n) is 8.07. The lowest BCUT2D eigenvalue weighted by molar-refractivity contribution is -0.175. The Hall–Kier alpha value is -0.650. The number of carbonyl (C=O) groups is 1. The summed E-state index contributed by atoms with van der Waals surface area (Å²) >= 11 is 0. The largest absolute Gasteiger partial charge is 0.462 e. The van der Waals surface area contributed by atoms with Gasteiger partial charge in [-0.3, -0.25) is 4.79 Å². The summed E-state index contributed by atoms with van der Waals surface area (Å²) in [4.78, 5) is 11.0. The SMILES string of the molecule is CCCCCC(O)(O)CC[C@H]1C(O)CC(OC(C)=O)C1C. The van der Waals surface area contributed by atoms with E-state index >= 15 is 0 Å². The summed E-state index contributed by atoms with van der Waals surface area (Å²) in [6.07, 6.45) is 3.58. The van der Waals surface area contributed by atoms with Gasteiger partial charge in [-0.05, 0) is 24.7 Å². The molecule has 0 bridgehead atoms. The number of aliphatic hydroxyl groups is 3. The van der Waals surface area contributed by atoms with Crippen LogP contribution in [-0.2, 0) is 9.53 Å². The Morgan fingerprint density at radius 1 is 1.29 bits per heavy atom. The van der Waals surface area contributed by atoms with Crippen molar-refractivity contribution in [3.8, 4) is 0 Å². The number of aliphatic hydroxyl groups excluding tert-OH is 1. The fourth-order valence-electron chi connectivity index (χ4n) is 3.26. The summed E-state index contributed by atoms with van der Waals surface area (Å²) in [7, 11) is 0. The fraction of sp³-hybridized carbons (Fsp3) is 0.938. The van der Waals surface area contributed by atoms with Crippen LogP contribution in [0.4, 0.5) is 0 Å². The molecule has 5 nitrogen and oxygen atoms in total. The molecule has 124 valence electrons. The molecule has 0 aromatic heterocycles. The number of carbonyl (C=O) groups excluding carboxylic acids is 1. The van der Waals surface area contributed by atoms with E-state index in [2.05, 4.69) is 6.92 Å². The zero-order chi connectivity index (χ0) is 16.0. The Kier molecular flexibility index (Phi) is 7.10. The van der Waals surface area contributed by atoms with Gasteiger partial charge in [-0.25, -0.2) is 0 Å². The Labute approximate surface area is 127 Å². The molecule has 21 heavy (non-hydrogen) atoms. The molecule has 1 saturated carbocycles. The molecule has 0 amide bonds. The predicted molar refractivity (Wildman–Crippen MR) is 79.4 cm³/mol. The topological polar surface area (TPSA) is 87.0 Å². The maximum atomic E-state index is 11.0. The van der Waals surface area contributed by atoms with Gasteiger partial charge in [0.25, 0.3) is 0 Å². The van der Waals surface area contributed by atoms with Gasteiger partial charge in [0.2, 0.25) is 0 Å². The number of hydrogen-bond acceptors (Lipinski definition) is 5. The summed E-state index contributed by atoms with van der Waals surface area (Å²) in [6, 6.07) is 0. The first kappa shape index (κ1) is 18.4. The van der Waals surface area contributed by atoms with E-state index in [4.69, 9.17) is 4.74 Å². The van der Waals surface area contributed by atoms with Gasteiger partial charge >= 0.3 is 5.97 Å². The Balaban J connectivity index is 2.45. The maximum absolute atomic E-state index is 11.0.